The average molecular weight is 394 g/mol. The standard InChI is InChI=1S/C24H29NO3/c1-27-22-14-19-13-20(24(26)21(19)15-23(22)28-2)12-17-8-10-25(11-9-17)16-18-6-4-3-5-7-18/h3-7,14-15,17,20H,8-13,16H2,1-2H3/i8D2,9D2,10D2,11D2,14D,15D,16D2,17D,20D. The molecule has 1 aliphatic heterocycles. The average Bonchev–Trinajstić information content (AvgIpc) is 3.15. The van der Waals surface area contributed by atoms with Crippen LogP contribution in [0.15, 0.2) is 42.4 Å². The summed E-state index contributed by atoms with van der Waals surface area (Å²) in [5.41, 5.74) is -0.901. The van der Waals surface area contributed by atoms with Crippen molar-refractivity contribution < 1.29 is 33.5 Å². The summed E-state index contributed by atoms with van der Waals surface area (Å²) < 4.78 is 132. The van der Waals surface area contributed by atoms with E-state index in [1.165, 1.54) is 44.6 Å². The molecule has 0 N–H and O–H groups in total. The summed E-state index contributed by atoms with van der Waals surface area (Å²) in [6.45, 7) is -10.5. The van der Waals surface area contributed by atoms with Crippen molar-refractivity contribution in [1.29, 1.82) is 0 Å². The Morgan fingerprint density at radius 1 is 1.18 bits per heavy atom. The fraction of sp³-hybridized carbons (Fsp3) is 0.458. The van der Waals surface area contributed by atoms with Crippen molar-refractivity contribution in [2.75, 3.05) is 27.2 Å². The zero-order chi connectivity index (χ0) is 32.1. The number of hydrogen-bond acceptors (Lipinski definition) is 4. The maximum atomic E-state index is 13.7. The minimum Gasteiger partial charge on any atom is -0.493 e. The molecule has 1 aliphatic carbocycles. The Kier molecular flexibility index (Phi) is 2.56. The molecule has 0 spiro atoms. The first-order chi connectivity index (χ1) is 19.0. The third-order valence-electron chi connectivity index (χ3n) is 4.40. The minimum atomic E-state index is -3.73. The number of ether oxygens (including phenoxy) is 2. The fourth-order valence-electron chi connectivity index (χ4n) is 3.03. The molecule has 2 aromatic carbocycles. The van der Waals surface area contributed by atoms with Crippen molar-refractivity contribution in [3.05, 3.63) is 59.1 Å². The number of likely N-dealkylation sites (tertiary alicyclic amines) is 1. The molecule has 1 heterocycles. The van der Waals surface area contributed by atoms with Gasteiger partial charge in [-0.1, -0.05) is 30.3 Å². The van der Waals surface area contributed by atoms with Crippen LogP contribution >= 0.6 is 0 Å². The second kappa shape index (κ2) is 8.36. The van der Waals surface area contributed by atoms with E-state index < -0.39 is 80.3 Å². The van der Waals surface area contributed by atoms with Crippen molar-refractivity contribution in [3.8, 4) is 11.5 Å². The smallest absolute Gasteiger partial charge is 0.166 e. The normalized spacial score (nSPS) is 39.0. The lowest BCUT2D eigenvalue weighted by Crippen LogP contribution is -2.34. The Morgan fingerprint density at radius 3 is 2.54 bits per heavy atom. The highest BCUT2D eigenvalue weighted by Crippen LogP contribution is 2.39. The highest BCUT2D eigenvalue weighted by molar-refractivity contribution is 6.02. The lowest BCUT2D eigenvalue weighted by atomic mass is 9.85. The predicted molar refractivity (Wildman–Crippen MR) is 110 cm³/mol. The molecule has 4 rings (SSSR count). The number of carbonyl (C=O) groups excluding carboxylic acids is 1. The summed E-state index contributed by atoms with van der Waals surface area (Å²) in [6, 6.07) is 5.74. The molecule has 4 nitrogen and oxygen atoms in total. The van der Waals surface area contributed by atoms with Crippen LogP contribution in [0.5, 0.6) is 11.5 Å². The number of piperidine rings is 1. The van der Waals surface area contributed by atoms with Crippen LogP contribution in [-0.2, 0) is 12.9 Å². The summed E-state index contributed by atoms with van der Waals surface area (Å²) in [4.78, 5) is 13.5. The van der Waals surface area contributed by atoms with Gasteiger partial charge in [-0.05, 0) is 67.7 Å². The van der Waals surface area contributed by atoms with Crippen LogP contribution < -0.4 is 9.47 Å². The van der Waals surface area contributed by atoms with E-state index in [1.807, 2.05) is 0 Å². The minimum absolute atomic E-state index is 0.161. The van der Waals surface area contributed by atoms with E-state index in [-0.39, 0.29) is 27.5 Å². The first-order valence-electron chi connectivity index (χ1n) is 15.7. The van der Waals surface area contributed by atoms with Crippen molar-refractivity contribution in [2.24, 2.45) is 11.8 Å². The van der Waals surface area contributed by atoms with Gasteiger partial charge in [-0.3, -0.25) is 9.69 Å². The van der Waals surface area contributed by atoms with Crippen LogP contribution in [0.4, 0.5) is 0 Å². The van der Waals surface area contributed by atoms with Gasteiger partial charge in [0.1, 0.15) is 0 Å². The summed E-state index contributed by atoms with van der Waals surface area (Å²) in [5, 5.41) is 0. The molecule has 0 amide bonds. The summed E-state index contributed by atoms with van der Waals surface area (Å²) in [7, 11) is 2.36. The Labute approximate surface area is 187 Å². The largest absolute Gasteiger partial charge is 0.493 e. The second-order valence-corrected chi connectivity index (χ2v) is 6.22. The van der Waals surface area contributed by atoms with Gasteiger partial charge in [0.15, 0.2) is 17.3 Å². The third kappa shape index (κ3) is 3.93. The zero-order valence-corrected chi connectivity index (χ0v) is 15.5. The Bertz CT molecular complexity index is 1400. The first-order valence-corrected chi connectivity index (χ1v) is 8.67. The van der Waals surface area contributed by atoms with Gasteiger partial charge >= 0.3 is 0 Å². The topological polar surface area (TPSA) is 38.8 Å². The van der Waals surface area contributed by atoms with Crippen molar-refractivity contribution in [3.63, 3.8) is 0 Å². The molecular weight excluding hydrogens is 350 g/mol. The van der Waals surface area contributed by atoms with Crippen molar-refractivity contribution in [1.82, 2.24) is 4.90 Å². The number of ketones is 1. The van der Waals surface area contributed by atoms with E-state index in [0.29, 0.717) is 0 Å². The van der Waals surface area contributed by atoms with Gasteiger partial charge < -0.3 is 9.47 Å². The molecule has 0 saturated carbocycles. The summed E-state index contributed by atoms with van der Waals surface area (Å²) in [6.07, 6.45) is -9.55. The fourth-order valence-corrected chi connectivity index (χ4v) is 3.03. The molecule has 1 atom stereocenters. The van der Waals surface area contributed by atoms with Crippen LogP contribution in [0.25, 0.3) is 0 Å². The van der Waals surface area contributed by atoms with Crippen molar-refractivity contribution in [2.45, 2.75) is 32.1 Å². The number of methoxy groups -OCH3 is 2. The molecular formula is C24H29NO3. The highest BCUT2D eigenvalue weighted by atomic mass is 16.5. The monoisotopic (exact) mass is 393 g/mol. The summed E-state index contributed by atoms with van der Waals surface area (Å²) >= 11 is 0. The first kappa shape index (κ1) is 8.58. The molecule has 0 radical (unpaired) electrons. The maximum Gasteiger partial charge on any atom is 0.166 e. The van der Waals surface area contributed by atoms with Crippen LogP contribution in [0.1, 0.15) is 59.8 Å². The SMILES string of the molecule is [2H]c1c2c(c([2H])c(OC)c1OC)C(=O)C([2H])(CC1([2H])C([2H])([2H])C([2H])([2H])N(C([2H])([2H])c3ccccc3)C([2H])([2H])C1([2H])[2H])C2. The Hall–Kier alpha value is -2.33. The number of nitrogens with zero attached hydrogens (tertiary/aromatic N) is 1. The molecule has 0 bridgehead atoms. The Balaban J connectivity index is 1.89. The van der Waals surface area contributed by atoms with Gasteiger partial charge in [0.25, 0.3) is 0 Å². The van der Waals surface area contributed by atoms with Gasteiger partial charge in [0.05, 0.1) is 17.0 Å². The van der Waals surface area contributed by atoms with Gasteiger partial charge in [-0.15, -0.1) is 0 Å². The van der Waals surface area contributed by atoms with Gasteiger partial charge in [0, 0.05) is 34.4 Å². The van der Waals surface area contributed by atoms with Gasteiger partial charge in [-0.2, -0.15) is 0 Å². The van der Waals surface area contributed by atoms with E-state index in [0.717, 1.165) is 0 Å². The quantitative estimate of drug-likeness (QED) is 0.731. The molecule has 2 aliphatic rings. The van der Waals surface area contributed by atoms with Crippen LogP contribution in [0.2, 0.25) is 0 Å². The van der Waals surface area contributed by atoms with Crippen LogP contribution in [0.3, 0.4) is 0 Å². The number of rotatable bonds is 6. The Morgan fingerprint density at radius 2 is 1.86 bits per heavy atom. The molecule has 2 aromatic rings. The van der Waals surface area contributed by atoms with E-state index in [9.17, 15) is 4.79 Å². The van der Waals surface area contributed by atoms with Gasteiger partial charge in [-0.25, -0.2) is 0 Å². The number of hydrogen-bond donors (Lipinski definition) is 0. The molecule has 148 valence electrons. The van der Waals surface area contributed by atoms with Crippen LogP contribution in [0, 0.1) is 11.8 Å². The second-order valence-electron chi connectivity index (χ2n) is 6.22. The predicted octanol–water partition coefficient (Wildman–Crippen LogP) is 4.36. The molecule has 1 fully saturated rings. The summed E-state index contributed by atoms with van der Waals surface area (Å²) in [5.74, 6) is -7.80. The molecule has 28 heavy (non-hydrogen) atoms. The number of Topliss-reactive ketones (excluding diaryl/α,β-unsaturated/α-hetero) is 1. The third-order valence-corrected chi connectivity index (χ3v) is 4.40. The molecule has 1 saturated heterocycles. The maximum absolute atomic E-state index is 13.7. The molecule has 1 unspecified atom stereocenters. The lowest BCUT2D eigenvalue weighted by Gasteiger charge is -2.32. The van der Waals surface area contributed by atoms with E-state index >= 15 is 0 Å². The van der Waals surface area contributed by atoms with E-state index in [2.05, 4.69) is 0 Å². The highest BCUT2D eigenvalue weighted by Gasteiger charge is 2.34. The van der Waals surface area contributed by atoms with E-state index in [4.69, 9.17) is 28.7 Å². The van der Waals surface area contributed by atoms with Crippen LogP contribution in [-0.4, -0.2) is 37.9 Å². The zero-order valence-electron chi connectivity index (χ0n) is 29.5. The number of benzene rings is 2. The number of carbonyl (C=O) groups is 1. The lowest BCUT2D eigenvalue weighted by molar-refractivity contribution is 0.0895. The van der Waals surface area contributed by atoms with E-state index in [1.54, 1.807) is 0 Å². The molecule has 4 heteroatoms. The van der Waals surface area contributed by atoms with Gasteiger partial charge in [0.2, 0.25) is 0 Å². The molecule has 0 aromatic heterocycles. The van der Waals surface area contributed by atoms with Crippen molar-refractivity contribution >= 4 is 5.78 Å². The number of fused-ring (bicyclic) bond motifs is 1.